The zero-order valence-electron chi connectivity index (χ0n) is 13.6. The lowest BCUT2D eigenvalue weighted by molar-refractivity contribution is 0.122. The van der Waals surface area contributed by atoms with E-state index in [1.807, 2.05) is 12.3 Å². The molecule has 4 aromatic heterocycles. The van der Waals surface area contributed by atoms with Crippen LogP contribution in [0.25, 0.3) is 16.8 Å². The van der Waals surface area contributed by atoms with Crippen molar-refractivity contribution < 1.29 is 4.74 Å². The molecule has 1 saturated heterocycles. The van der Waals surface area contributed by atoms with Crippen LogP contribution in [0.5, 0.6) is 0 Å². The van der Waals surface area contributed by atoms with Crippen LogP contribution in [0, 0.1) is 0 Å². The minimum Gasteiger partial charge on any atom is -0.378 e. The Labute approximate surface area is 143 Å². The lowest BCUT2D eigenvalue weighted by Crippen LogP contribution is -2.36. The Balaban J connectivity index is 1.49. The molecular formula is C17H17N7O. The number of nitrogens with zero attached hydrogens (tertiary/aromatic N) is 7. The van der Waals surface area contributed by atoms with Crippen LogP contribution >= 0.6 is 0 Å². The molecule has 126 valence electrons. The van der Waals surface area contributed by atoms with Crippen molar-refractivity contribution in [3.63, 3.8) is 0 Å². The van der Waals surface area contributed by atoms with Crippen LogP contribution in [-0.2, 0) is 11.3 Å². The van der Waals surface area contributed by atoms with Crippen molar-refractivity contribution in [2.75, 3.05) is 31.2 Å². The summed E-state index contributed by atoms with van der Waals surface area (Å²) in [6, 6.07) is 8.31. The lowest BCUT2D eigenvalue weighted by Gasteiger charge is -2.27. The molecule has 5 heterocycles. The van der Waals surface area contributed by atoms with Crippen molar-refractivity contribution >= 4 is 22.6 Å². The third kappa shape index (κ3) is 2.60. The molecule has 0 unspecified atom stereocenters. The van der Waals surface area contributed by atoms with Gasteiger partial charge in [-0.25, -0.2) is 14.6 Å². The topological polar surface area (TPSA) is 73.4 Å². The van der Waals surface area contributed by atoms with E-state index in [1.54, 1.807) is 10.9 Å². The maximum absolute atomic E-state index is 5.40. The number of anilines is 1. The predicted octanol–water partition coefficient (Wildman–Crippen LogP) is 1.36. The number of aromatic nitrogens is 6. The van der Waals surface area contributed by atoms with Gasteiger partial charge in [-0.2, -0.15) is 0 Å². The smallest absolute Gasteiger partial charge is 0.221 e. The standard InChI is InChI=1S/C17H17N7O/c1-2-14-4-3-13(11-23(14)5-1)12-24-17-16(20-21-24)18-10-15(19-17)22-6-8-25-9-7-22/h1-5,10-11H,6-9,12H2. The molecule has 4 aromatic rings. The fourth-order valence-electron chi connectivity index (χ4n) is 3.14. The van der Waals surface area contributed by atoms with Crippen molar-refractivity contribution in [2.45, 2.75) is 6.54 Å². The van der Waals surface area contributed by atoms with E-state index >= 15 is 0 Å². The van der Waals surface area contributed by atoms with Gasteiger partial charge in [-0.3, -0.25) is 0 Å². The SMILES string of the molecule is c1cc2ccc(Cn3nnc4ncc(N5CCOCC5)nc43)cn2c1. The summed E-state index contributed by atoms with van der Waals surface area (Å²) >= 11 is 0. The summed E-state index contributed by atoms with van der Waals surface area (Å²) in [6.07, 6.45) is 5.90. The second kappa shape index (κ2) is 5.82. The molecule has 8 heteroatoms. The molecule has 0 radical (unpaired) electrons. The largest absolute Gasteiger partial charge is 0.378 e. The van der Waals surface area contributed by atoms with Gasteiger partial charge in [0.2, 0.25) is 5.65 Å². The summed E-state index contributed by atoms with van der Waals surface area (Å²) < 4.78 is 9.30. The number of ether oxygens (including phenoxy) is 1. The van der Waals surface area contributed by atoms with Gasteiger partial charge < -0.3 is 14.0 Å². The normalized spacial score (nSPS) is 15.3. The molecule has 0 atom stereocenters. The molecule has 0 bridgehead atoms. The van der Waals surface area contributed by atoms with Gasteiger partial charge in [0.25, 0.3) is 0 Å². The average Bonchev–Trinajstić information content (AvgIpc) is 3.29. The van der Waals surface area contributed by atoms with Crippen LogP contribution in [0.1, 0.15) is 5.56 Å². The quantitative estimate of drug-likeness (QED) is 0.563. The highest BCUT2D eigenvalue weighted by Crippen LogP contribution is 2.16. The maximum Gasteiger partial charge on any atom is 0.221 e. The first kappa shape index (κ1) is 14.4. The number of morpholine rings is 1. The first-order valence-corrected chi connectivity index (χ1v) is 8.31. The van der Waals surface area contributed by atoms with Crippen molar-refractivity contribution in [3.8, 4) is 0 Å². The Morgan fingerprint density at radius 3 is 2.96 bits per heavy atom. The number of rotatable bonds is 3. The summed E-state index contributed by atoms with van der Waals surface area (Å²) in [7, 11) is 0. The van der Waals surface area contributed by atoms with E-state index in [4.69, 9.17) is 9.72 Å². The summed E-state index contributed by atoms with van der Waals surface area (Å²) in [5, 5.41) is 8.38. The van der Waals surface area contributed by atoms with E-state index in [0.717, 1.165) is 24.5 Å². The highest BCUT2D eigenvalue weighted by atomic mass is 16.5. The van der Waals surface area contributed by atoms with Gasteiger partial charge in [0.05, 0.1) is 26.0 Å². The van der Waals surface area contributed by atoms with Crippen molar-refractivity contribution in [1.29, 1.82) is 0 Å². The van der Waals surface area contributed by atoms with E-state index < -0.39 is 0 Å². The zero-order chi connectivity index (χ0) is 16.6. The minimum absolute atomic E-state index is 0.569. The molecule has 1 aliphatic rings. The number of pyridine rings is 1. The fraction of sp³-hybridized carbons (Fsp3) is 0.294. The molecule has 0 aliphatic carbocycles. The van der Waals surface area contributed by atoms with Crippen molar-refractivity contribution in [3.05, 3.63) is 48.4 Å². The van der Waals surface area contributed by atoms with E-state index in [1.165, 1.54) is 5.52 Å². The van der Waals surface area contributed by atoms with E-state index in [2.05, 4.69) is 49.0 Å². The molecule has 1 fully saturated rings. The van der Waals surface area contributed by atoms with Gasteiger partial charge in [0.15, 0.2) is 5.65 Å². The number of fused-ring (bicyclic) bond motifs is 2. The molecule has 0 saturated carbocycles. The average molecular weight is 335 g/mol. The molecule has 1 aliphatic heterocycles. The molecule has 0 N–H and O–H groups in total. The summed E-state index contributed by atoms with van der Waals surface area (Å²) in [5.41, 5.74) is 3.58. The first-order chi connectivity index (χ1) is 12.4. The third-order valence-corrected chi connectivity index (χ3v) is 4.47. The third-order valence-electron chi connectivity index (χ3n) is 4.47. The molecule has 8 nitrogen and oxygen atoms in total. The highest BCUT2D eigenvalue weighted by Gasteiger charge is 2.16. The Bertz CT molecular complexity index is 1030. The van der Waals surface area contributed by atoms with Crippen LogP contribution in [0.2, 0.25) is 0 Å². The zero-order valence-corrected chi connectivity index (χ0v) is 13.6. The molecule has 5 rings (SSSR count). The molecule has 0 amide bonds. The van der Waals surface area contributed by atoms with Gasteiger partial charge in [0.1, 0.15) is 5.82 Å². The van der Waals surface area contributed by atoms with E-state index in [9.17, 15) is 0 Å². The molecule has 0 spiro atoms. The summed E-state index contributed by atoms with van der Waals surface area (Å²) in [5.74, 6) is 0.847. The molecule has 25 heavy (non-hydrogen) atoms. The van der Waals surface area contributed by atoms with Crippen LogP contribution in [-0.4, -0.2) is 55.7 Å². The van der Waals surface area contributed by atoms with Crippen LogP contribution in [0.3, 0.4) is 0 Å². The second-order valence-electron chi connectivity index (χ2n) is 6.10. The van der Waals surface area contributed by atoms with E-state index in [-0.39, 0.29) is 0 Å². The van der Waals surface area contributed by atoms with Gasteiger partial charge in [0, 0.05) is 31.0 Å². The van der Waals surface area contributed by atoms with Gasteiger partial charge in [-0.15, -0.1) is 5.10 Å². The van der Waals surface area contributed by atoms with E-state index in [0.29, 0.717) is 31.1 Å². The minimum atomic E-state index is 0.569. The Morgan fingerprint density at radius 1 is 1.12 bits per heavy atom. The van der Waals surface area contributed by atoms with Gasteiger partial charge >= 0.3 is 0 Å². The lowest BCUT2D eigenvalue weighted by atomic mass is 10.2. The molecular weight excluding hydrogens is 318 g/mol. The number of hydrogen-bond acceptors (Lipinski definition) is 6. The summed E-state index contributed by atoms with van der Waals surface area (Å²) in [6.45, 7) is 3.69. The number of hydrogen-bond donors (Lipinski definition) is 0. The first-order valence-electron chi connectivity index (χ1n) is 8.31. The predicted molar refractivity (Wildman–Crippen MR) is 92.6 cm³/mol. The Kier molecular flexibility index (Phi) is 3.34. The Morgan fingerprint density at radius 2 is 2.04 bits per heavy atom. The van der Waals surface area contributed by atoms with Gasteiger partial charge in [-0.05, 0) is 23.8 Å². The fourth-order valence-corrected chi connectivity index (χ4v) is 3.14. The van der Waals surface area contributed by atoms with Crippen molar-refractivity contribution in [1.82, 2.24) is 29.4 Å². The molecule has 0 aromatic carbocycles. The van der Waals surface area contributed by atoms with Crippen molar-refractivity contribution in [2.24, 2.45) is 0 Å². The van der Waals surface area contributed by atoms with Crippen LogP contribution < -0.4 is 4.90 Å². The second-order valence-corrected chi connectivity index (χ2v) is 6.10. The monoisotopic (exact) mass is 335 g/mol. The summed E-state index contributed by atoms with van der Waals surface area (Å²) in [4.78, 5) is 11.3. The van der Waals surface area contributed by atoms with Crippen LogP contribution in [0.4, 0.5) is 5.82 Å². The maximum atomic E-state index is 5.40. The highest BCUT2D eigenvalue weighted by molar-refractivity contribution is 5.66. The van der Waals surface area contributed by atoms with Gasteiger partial charge in [-0.1, -0.05) is 11.3 Å². The Hall–Kier alpha value is -3.00. The van der Waals surface area contributed by atoms with Crippen LogP contribution in [0.15, 0.2) is 42.9 Å².